The Hall–Kier alpha value is -0.293. The van der Waals surface area contributed by atoms with Crippen LogP contribution in [0.25, 0.3) is 0 Å². The fraction of sp³-hybridized carbons (Fsp3) is 0.818. The summed E-state index contributed by atoms with van der Waals surface area (Å²) in [5, 5.41) is 4.24. The highest BCUT2D eigenvalue weighted by molar-refractivity contribution is 7.98. The standard InChI is InChI=1S/C11H23N3SSi/c1-10(2)14-11(12-9-13-14)8-15-6-7-16(3,4)5/h9-10H,6-8H2,1-5H3. The van der Waals surface area contributed by atoms with E-state index in [9.17, 15) is 0 Å². The first-order chi connectivity index (χ1) is 7.40. The summed E-state index contributed by atoms with van der Waals surface area (Å²) in [6, 6.07) is 1.79. The lowest BCUT2D eigenvalue weighted by molar-refractivity contribution is 0.514. The van der Waals surface area contributed by atoms with Gasteiger partial charge in [-0.25, -0.2) is 9.67 Å². The molecule has 0 bridgehead atoms. The second-order valence-corrected chi connectivity index (χ2v) is 12.3. The van der Waals surface area contributed by atoms with Crippen LogP contribution in [0.15, 0.2) is 6.33 Å². The monoisotopic (exact) mass is 257 g/mol. The Balaban J connectivity index is 2.35. The highest BCUT2D eigenvalue weighted by Gasteiger charge is 2.13. The zero-order chi connectivity index (χ0) is 12.2. The Bertz CT molecular complexity index is 317. The number of thioether (sulfide) groups is 1. The molecule has 0 aliphatic rings. The molecular weight excluding hydrogens is 234 g/mol. The molecule has 0 unspecified atom stereocenters. The SMILES string of the molecule is CC(C)n1ncnc1CSCC[Si](C)(C)C. The largest absolute Gasteiger partial charge is 0.247 e. The average Bonchev–Trinajstić information content (AvgIpc) is 2.58. The molecule has 16 heavy (non-hydrogen) atoms. The van der Waals surface area contributed by atoms with Crippen molar-refractivity contribution in [2.75, 3.05) is 5.75 Å². The molecule has 5 heteroatoms. The molecule has 0 atom stereocenters. The van der Waals surface area contributed by atoms with Crippen molar-refractivity contribution in [2.45, 2.75) is 51.3 Å². The van der Waals surface area contributed by atoms with E-state index < -0.39 is 8.07 Å². The molecule has 1 rings (SSSR count). The van der Waals surface area contributed by atoms with Gasteiger partial charge in [0, 0.05) is 14.1 Å². The number of rotatable bonds is 6. The zero-order valence-corrected chi connectivity index (χ0v) is 12.8. The van der Waals surface area contributed by atoms with Gasteiger partial charge in [0.1, 0.15) is 12.2 Å². The van der Waals surface area contributed by atoms with Crippen molar-refractivity contribution in [2.24, 2.45) is 0 Å². The van der Waals surface area contributed by atoms with E-state index in [-0.39, 0.29) is 0 Å². The van der Waals surface area contributed by atoms with Crippen molar-refractivity contribution >= 4 is 19.8 Å². The van der Waals surface area contributed by atoms with E-state index in [1.54, 1.807) is 6.33 Å². The summed E-state index contributed by atoms with van der Waals surface area (Å²) in [5.74, 6) is 3.35. The molecule has 0 aliphatic carbocycles. The van der Waals surface area contributed by atoms with E-state index in [2.05, 4.69) is 43.6 Å². The second kappa shape index (κ2) is 5.86. The Labute approximate surface area is 104 Å². The molecule has 92 valence electrons. The van der Waals surface area contributed by atoms with Gasteiger partial charge in [0.05, 0.1) is 5.75 Å². The average molecular weight is 257 g/mol. The molecule has 0 amide bonds. The molecule has 3 nitrogen and oxygen atoms in total. The maximum Gasteiger partial charge on any atom is 0.138 e. The predicted octanol–water partition coefficient (Wildman–Crippen LogP) is 3.43. The lowest BCUT2D eigenvalue weighted by Crippen LogP contribution is -2.20. The van der Waals surface area contributed by atoms with Gasteiger partial charge in [0.15, 0.2) is 0 Å². The Morgan fingerprint density at radius 2 is 2.06 bits per heavy atom. The molecule has 0 aromatic carbocycles. The van der Waals surface area contributed by atoms with Gasteiger partial charge in [-0.05, 0) is 25.6 Å². The molecule has 0 radical (unpaired) electrons. The molecule has 0 saturated carbocycles. The molecule has 0 aliphatic heterocycles. The number of aromatic nitrogens is 3. The summed E-state index contributed by atoms with van der Waals surface area (Å²) in [7, 11) is -0.878. The van der Waals surface area contributed by atoms with E-state index in [1.165, 1.54) is 11.8 Å². The van der Waals surface area contributed by atoms with Gasteiger partial charge < -0.3 is 0 Å². The van der Waals surface area contributed by atoms with Crippen LogP contribution in [0.5, 0.6) is 0 Å². The quantitative estimate of drug-likeness (QED) is 0.578. The maximum absolute atomic E-state index is 4.31. The topological polar surface area (TPSA) is 30.7 Å². The maximum atomic E-state index is 4.31. The molecule has 0 saturated heterocycles. The fourth-order valence-corrected chi connectivity index (χ4v) is 4.91. The van der Waals surface area contributed by atoms with Gasteiger partial charge >= 0.3 is 0 Å². The van der Waals surface area contributed by atoms with Crippen LogP contribution >= 0.6 is 11.8 Å². The van der Waals surface area contributed by atoms with Gasteiger partial charge in [-0.2, -0.15) is 16.9 Å². The highest BCUT2D eigenvalue weighted by Crippen LogP contribution is 2.18. The molecule has 1 heterocycles. The highest BCUT2D eigenvalue weighted by atomic mass is 32.2. The van der Waals surface area contributed by atoms with Crippen LogP contribution in [0.1, 0.15) is 25.7 Å². The molecular formula is C11H23N3SSi. The van der Waals surface area contributed by atoms with Gasteiger partial charge in [-0.3, -0.25) is 0 Å². The van der Waals surface area contributed by atoms with E-state index in [0.29, 0.717) is 6.04 Å². The van der Waals surface area contributed by atoms with Crippen LogP contribution in [0.4, 0.5) is 0 Å². The minimum atomic E-state index is -0.878. The van der Waals surface area contributed by atoms with E-state index >= 15 is 0 Å². The van der Waals surface area contributed by atoms with Crippen molar-refractivity contribution in [3.8, 4) is 0 Å². The van der Waals surface area contributed by atoms with Crippen LogP contribution in [-0.2, 0) is 5.75 Å². The molecule has 1 aromatic heterocycles. The van der Waals surface area contributed by atoms with Gasteiger partial charge in [-0.1, -0.05) is 19.6 Å². The molecule has 0 spiro atoms. The predicted molar refractivity (Wildman–Crippen MR) is 74.7 cm³/mol. The number of nitrogens with zero attached hydrogens (tertiary/aromatic N) is 3. The first kappa shape index (κ1) is 13.8. The first-order valence-corrected chi connectivity index (χ1v) is 10.7. The van der Waals surface area contributed by atoms with Crippen molar-refractivity contribution in [1.29, 1.82) is 0 Å². The molecule has 0 N–H and O–H groups in total. The fourth-order valence-electron chi connectivity index (χ4n) is 1.35. The van der Waals surface area contributed by atoms with Crippen molar-refractivity contribution in [3.05, 3.63) is 12.2 Å². The summed E-state index contributed by atoms with van der Waals surface area (Å²) in [4.78, 5) is 4.31. The van der Waals surface area contributed by atoms with Crippen molar-refractivity contribution in [3.63, 3.8) is 0 Å². The van der Waals surface area contributed by atoms with Crippen LogP contribution < -0.4 is 0 Å². The summed E-state index contributed by atoms with van der Waals surface area (Å²) in [5.41, 5.74) is 0. The summed E-state index contributed by atoms with van der Waals surface area (Å²) >= 11 is 1.98. The summed E-state index contributed by atoms with van der Waals surface area (Å²) < 4.78 is 2.02. The van der Waals surface area contributed by atoms with Gasteiger partial charge in [0.25, 0.3) is 0 Å². The van der Waals surface area contributed by atoms with Crippen LogP contribution in [0.2, 0.25) is 25.7 Å². The third-order valence-electron chi connectivity index (χ3n) is 2.36. The van der Waals surface area contributed by atoms with E-state index in [1.807, 2.05) is 16.4 Å². The Kier molecular flexibility index (Phi) is 5.05. The minimum absolute atomic E-state index is 0.412. The number of hydrogen-bond acceptors (Lipinski definition) is 3. The third-order valence-corrected chi connectivity index (χ3v) is 5.43. The lowest BCUT2D eigenvalue weighted by atomic mass is 10.4. The molecule has 1 aromatic rings. The number of hydrogen-bond donors (Lipinski definition) is 0. The first-order valence-electron chi connectivity index (χ1n) is 5.86. The second-order valence-electron chi connectivity index (χ2n) is 5.58. The minimum Gasteiger partial charge on any atom is -0.247 e. The smallest absolute Gasteiger partial charge is 0.138 e. The summed E-state index contributed by atoms with van der Waals surface area (Å²) in [6.45, 7) is 11.5. The summed E-state index contributed by atoms with van der Waals surface area (Å²) in [6.07, 6.45) is 1.66. The normalized spacial score (nSPS) is 12.4. The lowest BCUT2D eigenvalue weighted by Gasteiger charge is -2.15. The Morgan fingerprint density at radius 1 is 1.38 bits per heavy atom. The third kappa shape index (κ3) is 4.70. The van der Waals surface area contributed by atoms with Gasteiger partial charge in [0.2, 0.25) is 0 Å². The van der Waals surface area contributed by atoms with Crippen LogP contribution in [-0.4, -0.2) is 28.6 Å². The molecule has 0 fully saturated rings. The Morgan fingerprint density at radius 3 is 2.62 bits per heavy atom. The van der Waals surface area contributed by atoms with Crippen LogP contribution in [0, 0.1) is 0 Å². The van der Waals surface area contributed by atoms with Gasteiger partial charge in [-0.15, -0.1) is 0 Å². The van der Waals surface area contributed by atoms with Crippen molar-refractivity contribution in [1.82, 2.24) is 14.8 Å². The van der Waals surface area contributed by atoms with Crippen molar-refractivity contribution < 1.29 is 0 Å². The van der Waals surface area contributed by atoms with Crippen LogP contribution in [0.3, 0.4) is 0 Å². The zero-order valence-electron chi connectivity index (χ0n) is 11.0. The van der Waals surface area contributed by atoms with E-state index in [4.69, 9.17) is 0 Å². The van der Waals surface area contributed by atoms with E-state index in [0.717, 1.165) is 11.6 Å².